The lowest BCUT2D eigenvalue weighted by molar-refractivity contribution is -0.117. The van der Waals surface area contributed by atoms with Gasteiger partial charge in [-0.2, -0.15) is 0 Å². The molecule has 3 heteroatoms. The number of anilines is 1. The second-order valence-corrected chi connectivity index (χ2v) is 4.80. The highest BCUT2D eigenvalue weighted by molar-refractivity contribution is 5.96. The number of benzene rings is 1. The van der Waals surface area contributed by atoms with Crippen LogP contribution in [0.1, 0.15) is 37.8 Å². The maximum atomic E-state index is 12.2. The van der Waals surface area contributed by atoms with Gasteiger partial charge in [-0.15, -0.1) is 0 Å². The maximum Gasteiger partial charge on any atom is 0.241 e. The predicted molar refractivity (Wildman–Crippen MR) is 74.9 cm³/mol. The van der Waals surface area contributed by atoms with Crippen LogP contribution in [-0.2, 0) is 17.6 Å². The zero-order chi connectivity index (χ0) is 13.0. The number of hydrogen-bond donors (Lipinski definition) is 2. The Bertz CT molecular complexity index is 400. The lowest BCUT2D eigenvalue weighted by atomic mass is 10.0. The minimum atomic E-state index is -0.0142. The fraction of sp³-hybridized carbons (Fsp3) is 0.533. The molecule has 1 fully saturated rings. The van der Waals surface area contributed by atoms with Gasteiger partial charge in [0.2, 0.25) is 5.91 Å². The highest BCUT2D eigenvalue weighted by atomic mass is 16.2. The Morgan fingerprint density at radius 2 is 2.00 bits per heavy atom. The molecule has 1 aliphatic heterocycles. The third kappa shape index (κ3) is 2.72. The van der Waals surface area contributed by atoms with Gasteiger partial charge in [0.05, 0.1) is 6.04 Å². The lowest BCUT2D eigenvalue weighted by Crippen LogP contribution is -2.36. The van der Waals surface area contributed by atoms with Crippen LogP contribution in [0, 0.1) is 0 Å². The van der Waals surface area contributed by atoms with Gasteiger partial charge in [-0.3, -0.25) is 4.79 Å². The number of nitrogens with one attached hydrogen (secondary N) is 2. The quantitative estimate of drug-likeness (QED) is 0.857. The predicted octanol–water partition coefficient (Wildman–Crippen LogP) is 2.50. The second-order valence-electron chi connectivity index (χ2n) is 4.80. The van der Waals surface area contributed by atoms with Crippen LogP contribution in [0.5, 0.6) is 0 Å². The summed E-state index contributed by atoms with van der Waals surface area (Å²) >= 11 is 0. The minimum Gasteiger partial charge on any atom is -0.324 e. The van der Waals surface area contributed by atoms with Gasteiger partial charge in [0, 0.05) is 5.69 Å². The highest BCUT2D eigenvalue weighted by Gasteiger charge is 2.23. The summed E-state index contributed by atoms with van der Waals surface area (Å²) in [4.78, 5) is 12.2. The van der Waals surface area contributed by atoms with Crippen LogP contribution >= 0.6 is 0 Å². The summed E-state index contributed by atoms with van der Waals surface area (Å²) in [6.45, 7) is 5.20. The SMILES string of the molecule is CCc1cccc(CC)c1NC(=O)[C@H]1CCCN1. The Kier molecular flexibility index (Phi) is 4.37. The summed E-state index contributed by atoms with van der Waals surface area (Å²) in [7, 11) is 0. The molecule has 0 bridgehead atoms. The normalized spacial score (nSPS) is 18.9. The van der Waals surface area contributed by atoms with E-state index in [0.717, 1.165) is 37.9 Å². The van der Waals surface area contributed by atoms with Gasteiger partial charge in [-0.05, 0) is 43.4 Å². The molecule has 1 aromatic carbocycles. The second kappa shape index (κ2) is 6.01. The first-order valence-corrected chi connectivity index (χ1v) is 6.91. The molecular formula is C15H22N2O. The summed E-state index contributed by atoms with van der Waals surface area (Å²) in [5.74, 6) is 0.114. The van der Waals surface area contributed by atoms with Crippen molar-refractivity contribution in [2.75, 3.05) is 11.9 Å². The van der Waals surface area contributed by atoms with Gasteiger partial charge in [-0.25, -0.2) is 0 Å². The van der Waals surface area contributed by atoms with E-state index >= 15 is 0 Å². The molecule has 1 aliphatic rings. The monoisotopic (exact) mass is 246 g/mol. The average molecular weight is 246 g/mol. The van der Waals surface area contributed by atoms with Crippen molar-refractivity contribution < 1.29 is 4.79 Å². The van der Waals surface area contributed by atoms with Crippen LogP contribution in [0.2, 0.25) is 0 Å². The molecule has 0 unspecified atom stereocenters. The van der Waals surface area contributed by atoms with Gasteiger partial charge in [0.1, 0.15) is 0 Å². The number of amides is 1. The maximum absolute atomic E-state index is 12.2. The van der Waals surface area contributed by atoms with E-state index in [4.69, 9.17) is 0 Å². The van der Waals surface area contributed by atoms with Crippen LogP contribution in [0.15, 0.2) is 18.2 Å². The van der Waals surface area contributed by atoms with Crippen molar-refractivity contribution in [2.45, 2.75) is 45.6 Å². The van der Waals surface area contributed by atoms with Crippen LogP contribution < -0.4 is 10.6 Å². The first-order valence-electron chi connectivity index (χ1n) is 6.91. The zero-order valence-electron chi connectivity index (χ0n) is 11.3. The molecule has 2 rings (SSSR count). The molecule has 0 radical (unpaired) electrons. The van der Waals surface area contributed by atoms with Crippen LogP contribution in [0.4, 0.5) is 5.69 Å². The van der Waals surface area contributed by atoms with Crippen molar-refractivity contribution in [3.8, 4) is 0 Å². The molecule has 0 aromatic heterocycles. The number of para-hydroxylation sites is 1. The van der Waals surface area contributed by atoms with Crippen LogP contribution in [0.3, 0.4) is 0 Å². The Labute approximate surface area is 109 Å². The molecule has 1 atom stereocenters. The molecule has 1 heterocycles. The number of carbonyl (C=O) groups is 1. The molecule has 1 saturated heterocycles. The standard InChI is InChI=1S/C15H22N2O/c1-3-11-7-5-8-12(4-2)14(11)17-15(18)13-9-6-10-16-13/h5,7-8,13,16H,3-4,6,9-10H2,1-2H3,(H,17,18)/t13-/m1/s1. The Hall–Kier alpha value is -1.35. The highest BCUT2D eigenvalue weighted by Crippen LogP contribution is 2.23. The van der Waals surface area contributed by atoms with E-state index in [1.54, 1.807) is 0 Å². The Morgan fingerprint density at radius 1 is 1.33 bits per heavy atom. The van der Waals surface area contributed by atoms with Crippen molar-refractivity contribution in [2.24, 2.45) is 0 Å². The zero-order valence-corrected chi connectivity index (χ0v) is 11.3. The smallest absolute Gasteiger partial charge is 0.241 e. The minimum absolute atomic E-state index is 0.0142. The Balaban J connectivity index is 2.18. The number of aryl methyl sites for hydroxylation is 2. The lowest BCUT2D eigenvalue weighted by Gasteiger charge is -2.17. The molecule has 0 aliphatic carbocycles. The molecule has 0 saturated carbocycles. The van der Waals surface area contributed by atoms with E-state index in [2.05, 4.69) is 42.7 Å². The van der Waals surface area contributed by atoms with Crippen LogP contribution in [-0.4, -0.2) is 18.5 Å². The number of hydrogen-bond acceptors (Lipinski definition) is 2. The summed E-state index contributed by atoms with van der Waals surface area (Å²) in [5, 5.41) is 6.36. The molecule has 1 aromatic rings. The van der Waals surface area contributed by atoms with E-state index < -0.39 is 0 Å². The van der Waals surface area contributed by atoms with E-state index in [1.807, 2.05) is 0 Å². The van der Waals surface area contributed by atoms with E-state index in [1.165, 1.54) is 11.1 Å². The van der Waals surface area contributed by atoms with Crippen molar-refractivity contribution in [1.29, 1.82) is 0 Å². The first-order chi connectivity index (χ1) is 8.76. The van der Waals surface area contributed by atoms with Crippen molar-refractivity contribution in [3.63, 3.8) is 0 Å². The number of carbonyl (C=O) groups excluding carboxylic acids is 1. The van der Waals surface area contributed by atoms with Crippen molar-refractivity contribution >= 4 is 11.6 Å². The topological polar surface area (TPSA) is 41.1 Å². The third-order valence-electron chi connectivity index (χ3n) is 3.62. The summed E-state index contributed by atoms with van der Waals surface area (Å²) in [5.41, 5.74) is 3.47. The molecular weight excluding hydrogens is 224 g/mol. The number of rotatable bonds is 4. The average Bonchev–Trinajstić information content (AvgIpc) is 2.93. The fourth-order valence-electron chi connectivity index (χ4n) is 2.52. The summed E-state index contributed by atoms with van der Waals surface area (Å²) in [6.07, 6.45) is 3.93. The third-order valence-corrected chi connectivity index (χ3v) is 3.62. The summed E-state index contributed by atoms with van der Waals surface area (Å²) in [6, 6.07) is 6.24. The van der Waals surface area contributed by atoms with Gasteiger partial charge in [0.15, 0.2) is 0 Å². The molecule has 3 nitrogen and oxygen atoms in total. The fourth-order valence-corrected chi connectivity index (χ4v) is 2.52. The van der Waals surface area contributed by atoms with E-state index in [9.17, 15) is 4.79 Å². The van der Waals surface area contributed by atoms with E-state index in [0.29, 0.717) is 0 Å². The van der Waals surface area contributed by atoms with Gasteiger partial charge in [0.25, 0.3) is 0 Å². The van der Waals surface area contributed by atoms with E-state index in [-0.39, 0.29) is 11.9 Å². The molecule has 0 spiro atoms. The Morgan fingerprint density at radius 3 is 2.50 bits per heavy atom. The molecule has 1 amide bonds. The largest absolute Gasteiger partial charge is 0.324 e. The van der Waals surface area contributed by atoms with Crippen molar-refractivity contribution in [3.05, 3.63) is 29.3 Å². The van der Waals surface area contributed by atoms with Crippen LogP contribution in [0.25, 0.3) is 0 Å². The van der Waals surface area contributed by atoms with Gasteiger partial charge < -0.3 is 10.6 Å². The molecule has 2 N–H and O–H groups in total. The van der Waals surface area contributed by atoms with Crippen molar-refractivity contribution in [1.82, 2.24) is 5.32 Å². The molecule has 18 heavy (non-hydrogen) atoms. The molecule has 98 valence electrons. The van der Waals surface area contributed by atoms with Gasteiger partial charge in [-0.1, -0.05) is 32.0 Å². The summed E-state index contributed by atoms with van der Waals surface area (Å²) < 4.78 is 0. The first kappa shape index (κ1) is 13.1. The van der Waals surface area contributed by atoms with Gasteiger partial charge >= 0.3 is 0 Å².